The molecule has 25 heavy (non-hydrogen) atoms. The van der Waals surface area contributed by atoms with E-state index in [4.69, 9.17) is 4.74 Å². The number of hydrogen-bond acceptors (Lipinski definition) is 3. The molecular weight excluding hydrogens is 427 g/mol. The molecule has 2 rings (SSSR count). The number of benzene rings is 1. The van der Waals surface area contributed by atoms with E-state index in [1.807, 2.05) is 18.2 Å². The number of para-hydroxylation sites is 1. The van der Waals surface area contributed by atoms with Crippen molar-refractivity contribution in [2.24, 2.45) is 4.99 Å². The van der Waals surface area contributed by atoms with Crippen LogP contribution in [-0.2, 0) is 6.54 Å². The standard InChI is InChI=1S/C19H30N4O.HI/c1-5-12-24-18-9-7-6-8-16(18)14-22-19(20-3)21-13-15(2)23(4)17-10-11-17;/h5-9,15,17H,1,10-14H2,2-4H3,(H2,20,21,22);1H. The minimum absolute atomic E-state index is 0. The first-order valence-corrected chi connectivity index (χ1v) is 8.63. The Hall–Kier alpha value is -1.28. The fourth-order valence-corrected chi connectivity index (χ4v) is 2.57. The van der Waals surface area contributed by atoms with Crippen LogP contribution in [0.2, 0.25) is 0 Å². The molecular formula is C19H31IN4O. The van der Waals surface area contributed by atoms with E-state index in [-0.39, 0.29) is 24.0 Å². The molecule has 1 fully saturated rings. The van der Waals surface area contributed by atoms with Crippen molar-refractivity contribution >= 4 is 29.9 Å². The number of nitrogens with one attached hydrogen (secondary N) is 2. The predicted octanol–water partition coefficient (Wildman–Crippen LogP) is 3.02. The van der Waals surface area contributed by atoms with Gasteiger partial charge >= 0.3 is 0 Å². The van der Waals surface area contributed by atoms with Gasteiger partial charge in [0.25, 0.3) is 0 Å². The fraction of sp³-hybridized carbons (Fsp3) is 0.526. The second-order valence-corrected chi connectivity index (χ2v) is 6.26. The number of ether oxygens (including phenoxy) is 1. The highest BCUT2D eigenvalue weighted by Crippen LogP contribution is 2.26. The van der Waals surface area contributed by atoms with E-state index in [0.717, 1.165) is 29.9 Å². The van der Waals surface area contributed by atoms with Crippen LogP contribution in [0.3, 0.4) is 0 Å². The minimum atomic E-state index is 0. The third-order valence-electron chi connectivity index (χ3n) is 4.38. The molecule has 6 heteroatoms. The zero-order valence-electron chi connectivity index (χ0n) is 15.5. The summed E-state index contributed by atoms with van der Waals surface area (Å²) in [5.41, 5.74) is 1.10. The van der Waals surface area contributed by atoms with E-state index in [0.29, 0.717) is 19.2 Å². The van der Waals surface area contributed by atoms with E-state index in [2.05, 4.69) is 47.1 Å². The summed E-state index contributed by atoms with van der Waals surface area (Å²) < 4.78 is 5.69. The molecule has 1 aliphatic carbocycles. The van der Waals surface area contributed by atoms with Gasteiger partial charge in [-0.1, -0.05) is 30.9 Å². The van der Waals surface area contributed by atoms with Crippen LogP contribution in [0.15, 0.2) is 41.9 Å². The molecule has 5 nitrogen and oxygen atoms in total. The number of likely N-dealkylation sites (N-methyl/N-ethyl adjacent to an activating group) is 1. The molecule has 0 heterocycles. The fourth-order valence-electron chi connectivity index (χ4n) is 2.57. The molecule has 1 atom stereocenters. The lowest BCUT2D eigenvalue weighted by Crippen LogP contribution is -2.45. The first-order chi connectivity index (χ1) is 11.7. The second kappa shape index (κ2) is 11.4. The Labute approximate surface area is 168 Å². The largest absolute Gasteiger partial charge is 0.489 e. The molecule has 1 saturated carbocycles. The smallest absolute Gasteiger partial charge is 0.191 e. The van der Waals surface area contributed by atoms with E-state index in [1.165, 1.54) is 12.8 Å². The zero-order valence-corrected chi connectivity index (χ0v) is 17.8. The Morgan fingerprint density at radius 2 is 2.12 bits per heavy atom. The van der Waals surface area contributed by atoms with Crippen LogP contribution in [0.25, 0.3) is 0 Å². The summed E-state index contributed by atoms with van der Waals surface area (Å²) in [7, 11) is 4.00. The number of guanidine groups is 1. The molecule has 1 unspecified atom stereocenters. The Morgan fingerprint density at radius 3 is 2.76 bits per heavy atom. The second-order valence-electron chi connectivity index (χ2n) is 6.26. The first kappa shape index (κ1) is 21.8. The Bertz CT molecular complexity index is 560. The summed E-state index contributed by atoms with van der Waals surface area (Å²) in [6.45, 7) is 7.99. The first-order valence-electron chi connectivity index (χ1n) is 8.63. The number of halogens is 1. The van der Waals surface area contributed by atoms with Gasteiger partial charge in [-0.2, -0.15) is 0 Å². The number of hydrogen-bond donors (Lipinski definition) is 2. The maximum absolute atomic E-state index is 5.69. The average Bonchev–Trinajstić information content (AvgIpc) is 3.45. The van der Waals surface area contributed by atoms with Crippen LogP contribution in [0.1, 0.15) is 25.3 Å². The SMILES string of the molecule is C=CCOc1ccccc1CNC(=NC)NCC(C)N(C)C1CC1.I. The topological polar surface area (TPSA) is 48.9 Å². The molecule has 1 aliphatic rings. The van der Waals surface area contributed by atoms with Crippen LogP contribution < -0.4 is 15.4 Å². The lowest BCUT2D eigenvalue weighted by Gasteiger charge is -2.25. The van der Waals surface area contributed by atoms with Gasteiger partial charge in [-0.3, -0.25) is 9.89 Å². The minimum Gasteiger partial charge on any atom is -0.489 e. The highest BCUT2D eigenvalue weighted by molar-refractivity contribution is 14.0. The van der Waals surface area contributed by atoms with Crippen molar-refractivity contribution in [3.05, 3.63) is 42.5 Å². The highest BCUT2D eigenvalue weighted by Gasteiger charge is 2.28. The zero-order chi connectivity index (χ0) is 17.4. The third-order valence-corrected chi connectivity index (χ3v) is 4.38. The maximum atomic E-state index is 5.69. The predicted molar refractivity (Wildman–Crippen MR) is 116 cm³/mol. The van der Waals surface area contributed by atoms with Crippen molar-refractivity contribution in [2.75, 3.05) is 27.2 Å². The molecule has 140 valence electrons. The summed E-state index contributed by atoms with van der Waals surface area (Å²) in [5, 5.41) is 6.76. The average molecular weight is 458 g/mol. The van der Waals surface area contributed by atoms with Crippen molar-refractivity contribution < 1.29 is 4.74 Å². The third kappa shape index (κ3) is 7.23. The summed E-state index contributed by atoms with van der Waals surface area (Å²) in [6, 6.07) is 9.28. The maximum Gasteiger partial charge on any atom is 0.191 e. The molecule has 0 radical (unpaired) electrons. The molecule has 2 N–H and O–H groups in total. The molecule has 0 saturated heterocycles. The lowest BCUT2D eigenvalue weighted by molar-refractivity contribution is 0.247. The van der Waals surface area contributed by atoms with Crippen molar-refractivity contribution in [1.82, 2.24) is 15.5 Å². The normalized spacial score (nSPS) is 15.3. The molecule has 1 aromatic rings. The Kier molecular flexibility index (Phi) is 9.89. The molecule has 0 aliphatic heterocycles. The van der Waals surface area contributed by atoms with Gasteiger partial charge < -0.3 is 15.4 Å². The van der Waals surface area contributed by atoms with Crippen molar-refractivity contribution in [1.29, 1.82) is 0 Å². The van der Waals surface area contributed by atoms with Crippen LogP contribution in [-0.4, -0.2) is 50.2 Å². The lowest BCUT2D eigenvalue weighted by atomic mass is 10.2. The van der Waals surface area contributed by atoms with Gasteiger partial charge in [0.2, 0.25) is 0 Å². The van der Waals surface area contributed by atoms with Gasteiger partial charge in [0.05, 0.1) is 0 Å². The van der Waals surface area contributed by atoms with E-state index in [9.17, 15) is 0 Å². The van der Waals surface area contributed by atoms with Gasteiger partial charge in [0, 0.05) is 37.8 Å². The number of aliphatic imine (C=N–C) groups is 1. The molecule has 0 bridgehead atoms. The summed E-state index contributed by atoms with van der Waals surface area (Å²) in [4.78, 5) is 6.75. The number of nitrogens with zero attached hydrogens (tertiary/aromatic N) is 2. The highest BCUT2D eigenvalue weighted by atomic mass is 127. The van der Waals surface area contributed by atoms with Crippen LogP contribution in [0.4, 0.5) is 0 Å². The molecule has 1 aromatic carbocycles. The van der Waals surface area contributed by atoms with Crippen molar-refractivity contribution in [3.63, 3.8) is 0 Å². The summed E-state index contributed by atoms with van der Waals surface area (Å²) in [6.07, 6.45) is 4.41. The number of rotatable bonds is 9. The van der Waals surface area contributed by atoms with E-state index < -0.39 is 0 Å². The van der Waals surface area contributed by atoms with E-state index in [1.54, 1.807) is 13.1 Å². The van der Waals surface area contributed by atoms with Gasteiger partial charge in [-0.05, 0) is 32.9 Å². The van der Waals surface area contributed by atoms with Gasteiger partial charge in [0.1, 0.15) is 12.4 Å². The van der Waals surface area contributed by atoms with Crippen LogP contribution >= 0.6 is 24.0 Å². The van der Waals surface area contributed by atoms with Crippen LogP contribution in [0, 0.1) is 0 Å². The molecule has 0 spiro atoms. The monoisotopic (exact) mass is 458 g/mol. The Balaban J connectivity index is 0.00000312. The molecule has 0 aromatic heterocycles. The van der Waals surface area contributed by atoms with Crippen molar-refractivity contribution in [3.8, 4) is 5.75 Å². The van der Waals surface area contributed by atoms with Gasteiger partial charge in [-0.15, -0.1) is 24.0 Å². The van der Waals surface area contributed by atoms with Gasteiger partial charge in [0.15, 0.2) is 5.96 Å². The van der Waals surface area contributed by atoms with Gasteiger partial charge in [-0.25, -0.2) is 0 Å². The van der Waals surface area contributed by atoms with Crippen molar-refractivity contribution in [2.45, 2.75) is 38.4 Å². The molecule has 0 amide bonds. The van der Waals surface area contributed by atoms with Crippen LogP contribution in [0.5, 0.6) is 5.75 Å². The summed E-state index contributed by atoms with van der Waals surface area (Å²) in [5.74, 6) is 1.69. The Morgan fingerprint density at radius 1 is 1.40 bits per heavy atom. The quantitative estimate of drug-likeness (QED) is 0.259. The summed E-state index contributed by atoms with van der Waals surface area (Å²) >= 11 is 0. The van der Waals surface area contributed by atoms with E-state index >= 15 is 0 Å².